The zero-order valence-electron chi connectivity index (χ0n) is 6.77. The first-order chi connectivity index (χ1) is 6.45. The fraction of sp³-hybridized carbons (Fsp3) is 0. The summed E-state index contributed by atoms with van der Waals surface area (Å²) >= 11 is 1.70. The maximum Gasteiger partial charge on any atom is 0.0809 e. The number of nitrogens with zero attached hydrogens (tertiary/aromatic N) is 2. The van der Waals surface area contributed by atoms with Crippen LogP contribution in [0.1, 0.15) is 0 Å². The minimum Gasteiger partial charge on any atom is -0.255 e. The Morgan fingerprint density at radius 3 is 2.85 bits per heavy atom. The van der Waals surface area contributed by atoms with Gasteiger partial charge in [0.25, 0.3) is 0 Å². The molecule has 0 N–H and O–H groups in total. The van der Waals surface area contributed by atoms with Crippen LogP contribution >= 0.6 is 11.3 Å². The standard InChI is InChI=1S/C10H6N2S/c1-4-11-9-3-2-8-7(6-12-8)10(9)13-5-1/h1-6H. The van der Waals surface area contributed by atoms with Crippen molar-refractivity contribution in [1.29, 1.82) is 0 Å². The second kappa shape index (κ2) is 2.50. The van der Waals surface area contributed by atoms with Gasteiger partial charge in [0.2, 0.25) is 0 Å². The average Bonchev–Trinajstić information content (AvgIpc) is 2.29. The molecule has 0 saturated heterocycles. The maximum absolute atomic E-state index is 4.33. The Bertz CT molecular complexity index is 571. The van der Waals surface area contributed by atoms with E-state index in [-0.39, 0.29) is 0 Å². The molecule has 0 aliphatic rings. The Hall–Kier alpha value is -1.48. The van der Waals surface area contributed by atoms with Crippen molar-refractivity contribution in [2.75, 3.05) is 0 Å². The molecule has 0 bridgehead atoms. The van der Waals surface area contributed by atoms with Gasteiger partial charge in [0, 0.05) is 17.8 Å². The van der Waals surface area contributed by atoms with Crippen molar-refractivity contribution in [2.45, 2.75) is 0 Å². The van der Waals surface area contributed by atoms with Gasteiger partial charge in [-0.15, -0.1) is 11.3 Å². The minimum absolute atomic E-state index is 1.04. The van der Waals surface area contributed by atoms with Gasteiger partial charge in [0.1, 0.15) is 0 Å². The van der Waals surface area contributed by atoms with Crippen LogP contribution in [0.5, 0.6) is 0 Å². The summed E-state index contributed by atoms with van der Waals surface area (Å²) in [6.45, 7) is 0. The second-order valence-electron chi connectivity index (χ2n) is 2.83. The lowest BCUT2D eigenvalue weighted by Crippen LogP contribution is -1.83. The molecule has 0 unspecified atom stereocenters. The van der Waals surface area contributed by atoms with Crippen LogP contribution < -0.4 is 0 Å². The number of rotatable bonds is 0. The summed E-state index contributed by atoms with van der Waals surface area (Å²) in [5, 5.41) is 3.27. The van der Waals surface area contributed by atoms with Gasteiger partial charge in [-0.25, -0.2) is 0 Å². The predicted octanol–water partition coefficient (Wildman–Crippen LogP) is 2.84. The van der Waals surface area contributed by atoms with Crippen molar-refractivity contribution in [3.05, 3.63) is 36.0 Å². The molecule has 0 spiro atoms. The molecule has 13 heavy (non-hydrogen) atoms. The summed E-state index contributed by atoms with van der Waals surface area (Å²) < 4.78 is 1.22. The highest BCUT2D eigenvalue weighted by molar-refractivity contribution is 7.17. The average molecular weight is 186 g/mol. The van der Waals surface area contributed by atoms with Crippen molar-refractivity contribution in [2.24, 2.45) is 0 Å². The van der Waals surface area contributed by atoms with Gasteiger partial charge in [-0.1, -0.05) is 0 Å². The van der Waals surface area contributed by atoms with Gasteiger partial charge in [-0.05, 0) is 23.6 Å². The highest BCUT2D eigenvalue weighted by Crippen LogP contribution is 2.26. The molecular formula is C10H6N2S. The van der Waals surface area contributed by atoms with E-state index in [4.69, 9.17) is 0 Å². The molecule has 2 aromatic heterocycles. The first-order valence-corrected chi connectivity index (χ1v) is 4.90. The summed E-state index contributed by atoms with van der Waals surface area (Å²) in [6, 6.07) is 5.98. The van der Waals surface area contributed by atoms with Crippen molar-refractivity contribution >= 4 is 32.5 Å². The van der Waals surface area contributed by atoms with E-state index in [0.717, 1.165) is 11.0 Å². The number of fused-ring (bicyclic) bond motifs is 3. The Morgan fingerprint density at radius 2 is 2.00 bits per heavy atom. The van der Waals surface area contributed by atoms with Crippen LogP contribution in [0, 0.1) is 0 Å². The van der Waals surface area contributed by atoms with Crippen molar-refractivity contribution < 1.29 is 0 Å². The number of benzene rings is 1. The second-order valence-corrected chi connectivity index (χ2v) is 3.75. The molecule has 3 aromatic rings. The summed E-state index contributed by atoms with van der Waals surface area (Å²) in [7, 11) is 0. The van der Waals surface area contributed by atoms with E-state index in [9.17, 15) is 0 Å². The molecule has 0 radical (unpaired) electrons. The molecule has 0 aliphatic carbocycles. The zero-order chi connectivity index (χ0) is 8.67. The Kier molecular flexibility index (Phi) is 1.34. The fourth-order valence-electron chi connectivity index (χ4n) is 1.37. The van der Waals surface area contributed by atoms with Gasteiger partial charge in [0.15, 0.2) is 0 Å². The molecule has 2 nitrogen and oxygen atoms in total. The third-order valence-electron chi connectivity index (χ3n) is 2.05. The fourth-order valence-corrected chi connectivity index (χ4v) is 2.18. The lowest BCUT2D eigenvalue weighted by molar-refractivity contribution is 1.39. The van der Waals surface area contributed by atoms with Gasteiger partial charge >= 0.3 is 0 Å². The van der Waals surface area contributed by atoms with Crippen LogP contribution in [0.25, 0.3) is 21.1 Å². The van der Waals surface area contributed by atoms with Gasteiger partial charge in [-0.3, -0.25) is 9.97 Å². The highest BCUT2D eigenvalue weighted by atomic mass is 32.1. The monoisotopic (exact) mass is 186 g/mol. The van der Waals surface area contributed by atoms with E-state index in [1.54, 1.807) is 11.3 Å². The molecule has 2 heterocycles. The summed E-state index contributed by atoms with van der Waals surface area (Å²) in [6.07, 6.45) is 3.72. The van der Waals surface area contributed by atoms with Crippen LogP contribution in [0.3, 0.4) is 0 Å². The van der Waals surface area contributed by atoms with Crippen LogP contribution in [-0.2, 0) is 0 Å². The molecule has 0 fully saturated rings. The Morgan fingerprint density at radius 1 is 1.08 bits per heavy atom. The van der Waals surface area contributed by atoms with E-state index in [2.05, 4.69) is 9.97 Å². The van der Waals surface area contributed by atoms with Gasteiger partial charge in [-0.2, -0.15) is 0 Å². The Balaban J connectivity index is 2.61. The lowest BCUT2D eigenvalue weighted by atomic mass is 10.2. The SMILES string of the molecule is c1cnc2ccc3ncc3c2sc1. The Labute approximate surface area is 78.9 Å². The summed E-state index contributed by atoms with van der Waals surface area (Å²) in [4.78, 5) is 8.49. The summed E-state index contributed by atoms with van der Waals surface area (Å²) in [5.41, 5.74) is 2.12. The molecule has 0 saturated carbocycles. The largest absolute Gasteiger partial charge is 0.255 e. The quantitative estimate of drug-likeness (QED) is 0.539. The predicted molar refractivity (Wildman–Crippen MR) is 54.9 cm³/mol. The first-order valence-electron chi connectivity index (χ1n) is 4.02. The van der Waals surface area contributed by atoms with Crippen LogP contribution in [0.15, 0.2) is 36.0 Å². The molecule has 3 heteroatoms. The number of aromatic nitrogens is 2. The van der Waals surface area contributed by atoms with E-state index in [0.29, 0.717) is 0 Å². The summed E-state index contributed by atoms with van der Waals surface area (Å²) in [5.74, 6) is 0. The zero-order valence-corrected chi connectivity index (χ0v) is 7.58. The van der Waals surface area contributed by atoms with Crippen molar-refractivity contribution in [3.63, 3.8) is 0 Å². The van der Waals surface area contributed by atoms with E-state index in [1.165, 1.54) is 10.1 Å². The van der Waals surface area contributed by atoms with Crippen molar-refractivity contribution in [3.8, 4) is 0 Å². The minimum atomic E-state index is 1.04. The smallest absolute Gasteiger partial charge is 0.0809 e. The van der Waals surface area contributed by atoms with Crippen LogP contribution in [0.2, 0.25) is 0 Å². The van der Waals surface area contributed by atoms with Crippen molar-refractivity contribution in [1.82, 2.24) is 9.97 Å². The molecule has 3 rings (SSSR count). The van der Waals surface area contributed by atoms with Crippen LogP contribution in [0.4, 0.5) is 0 Å². The van der Waals surface area contributed by atoms with E-state index < -0.39 is 0 Å². The topological polar surface area (TPSA) is 25.8 Å². The molecule has 1 aromatic carbocycles. The van der Waals surface area contributed by atoms with Gasteiger partial charge in [0.05, 0.1) is 15.7 Å². The molecule has 62 valence electrons. The lowest BCUT2D eigenvalue weighted by Gasteiger charge is -2.00. The molecule has 0 amide bonds. The van der Waals surface area contributed by atoms with Gasteiger partial charge < -0.3 is 0 Å². The molecule has 0 atom stereocenters. The van der Waals surface area contributed by atoms with E-state index >= 15 is 0 Å². The van der Waals surface area contributed by atoms with E-state index in [1.807, 2.05) is 36.0 Å². The third kappa shape index (κ3) is 0.939. The number of hydrogen-bond acceptors (Lipinski definition) is 3. The highest BCUT2D eigenvalue weighted by Gasteiger charge is 2.03. The molecular weight excluding hydrogens is 180 g/mol. The number of hydrogen-bond donors (Lipinski definition) is 0. The van der Waals surface area contributed by atoms with Crippen LogP contribution in [-0.4, -0.2) is 9.97 Å². The first kappa shape index (κ1) is 6.97. The normalized spacial score (nSPS) is 11.1. The third-order valence-corrected chi connectivity index (χ3v) is 3.01. The maximum atomic E-state index is 4.33. The molecule has 0 aliphatic heterocycles.